The van der Waals surface area contributed by atoms with E-state index in [1.54, 1.807) is 31.2 Å². The number of hydrogen-bond acceptors (Lipinski definition) is 8. The highest BCUT2D eigenvalue weighted by Crippen LogP contribution is 2.21. The van der Waals surface area contributed by atoms with Gasteiger partial charge in [0.15, 0.2) is 6.61 Å². The van der Waals surface area contributed by atoms with Crippen molar-refractivity contribution in [2.24, 2.45) is 0 Å². The van der Waals surface area contributed by atoms with Crippen molar-refractivity contribution in [3.05, 3.63) is 47.1 Å². The van der Waals surface area contributed by atoms with Gasteiger partial charge in [-0.1, -0.05) is 28.6 Å². The second-order valence-electron chi connectivity index (χ2n) is 4.21. The number of para-hydroxylation sites is 1. The van der Waals surface area contributed by atoms with Gasteiger partial charge in [0.2, 0.25) is 16.8 Å². The van der Waals surface area contributed by atoms with Crippen LogP contribution in [0.25, 0.3) is 0 Å². The van der Waals surface area contributed by atoms with E-state index in [4.69, 9.17) is 9.26 Å². The number of benzene rings is 1. The van der Waals surface area contributed by atoms with Crippen LogP contribution in [0.2, 0.25) is 0 Å². The van der Waals surface area contributed by atoms with E-state index in [-0.39, 0.29) is 12.5 Å². The van der Waals surface area contributed by atoms with Gasteiger partial charge in [-0.15, -0.1) is 10.2 Å². The third-order valence-corrected chi connectivity index (χ3v) is 3.25. The monoisotopic (exact) mass is 317 g/mol. The van der Waals surface area contributed by atoms with Crippen LogP contribution in [-0.2, 0) is 6.61 Å². The summed E-state index contributed by atoms with van der Waals surface area (Å²) in [6.07, 6.45) is 0. The Bertz CT molecular complexity index is 772. The zero-order valence-corrected chi connectivity index (χ0v) is 12.3. The Morgan fingerprint density at radius 2 is 2.27 bits per heavy atom. The molecule has 22 heavy (non-hydrogen) atoms. The number of nitrogens with one attached hydrogen (secondary N) is 1. The fourth-order valence-electron chi connectivity index (χ4n) is 1.71. The zero-order valence-electron chi connectivity index (χ0n) is 11.5. The quantitative estimate of drug-likeness (QED) is 0.768. The summed E-state index contributed by atoms with van der Waals surface area (Å²) >= 11 is 1.24. The molecular formula is C13H11N5O3S. The van der Waals surface area contributed by atoms with Crippen LogP contribution in [0.1, 0.15) is 22.1 Å². The van der Waals surface area contributed by atoms with Gasteiger partial charge in [-0.05, 0) is 12.1 Å². The fraction of sp³-hybridized carbons (Fsp3) is 0.154. The highest BCUT2D eigenvalue weighted by atomic mass is 32.1. The molecule has 0 aliphatic rings. The second kappa shape index (κ2) is 6.31. The van der Waals surface area contributed by atoms with Gasteiger partial charge in [-0.3, -0.25) is 10.1 Å². The van der Waals surface area contributed by atoms with E-state index in [0.29, 0.717) is 28.2 Å². The first-order valence-corrected chi connectivity index (χ1v) is 7.19. The summed E-state index contributed by atoms with van der Waals surface area (Å²) in [6.45, 7) is 1.81. The molecule has 1 N–H and O–H groups in total. The van der Waals surface area contributed by atoms with Crippen molar-refractivity contribution >= 4 is 22.4 Å². The lowest BCUT2D eigenvalue weighted by Gasteiger charge is -2.09. The van der Waals surface area contributed by atoms with Crippen molar-refractivity contribution in [2.75, 3.05) is 5.32 Å². The van der Waals surface area contributed by atoms with Crippen LogP contribution in [0.5, 0.6) is 5.75 Å². The molecule has 0 fully saturated rings. The first-order chi connectivity index (χ1) is 10.7. The highest BCUT2D eigenvalue weighted by Gasteiger charge is 2.14. The molecule has 0 spiro atoms. The Kier molecular flexibility index (Phi) is 4.05. The van der Waals surface area contributed by atoms with E-state index in [2.05, 4.69) is 25.7 Å². The number of rotatable bonds is 5. The van der Waals surface area contributed by atoms with Crippen LogP contribution in [0.4, 0.5) is 5.13 Å². The lowest BCUT2D eigenvalue weighted by atomic mass is 10.2. The largest absolute Gasteiger partial charge is 0.485 e. The van der Waals surface area contributed by atoms with Crippen molar-refractivity contribution in [2.45, 2.75) is 13.5 Å². The minimum Gasteiger partial charge on any atom is -0.485 e. The zero-order chi connectivity index (χ0) is 15.4. The van der Waals surface area contributed by atoms with Crippen LogP contribution in [0, 0.1) is 6.92 Å². The van der Waals surface area contributed by atoms with Crippen LogP contribution in [0.15, 0.2) is 34.3 Å². The Labute approximate surface area is 129 Å². The average molecular weight is 317 g/mol. The van der Waals surface area contributed by atoms with Crippen LogP contribution < -0.4 is 10.1 Å². The lowest BCUT2D eigenvalue weighted by molar-refractivity contribution is 0.102. The molecule has 0 bridgehead atoms. The van der Waals surface area contributed by atoms with Crippen molar-refractivity contribution in [3.8, 4) is 5.75 Å². The molecule has 9 heteroatoms. The molecule has 3 aromatic rings. The van der Waals surface area contributed by atoms with Gasteiger partial charge in [-0.25, -0.2) is 0 Å². The Morgan fingerprint density at radius 1 is 1.41 bits per heavy atom. The summed E-state index contributed by atoms with van der Waals surface area (Å²) in [5, 5.41) is 14.3. The van der Waals surface area contributed by atoms with Gasteiger partial charge in [-0.2, -0.15) is 4.98 Å². The molecule has 0 radical (unpaired) electrons. The van der Waals surface area contributed by atoms with Gasteiger partial charge in [0, 0.05) is 6.92 Å². The number of carbonyl (C=O) groups excluding carboxylic acids is 1. The van der Waals surface area contributed by atoms with Crippen molar-refractivity contribution in [3.63, 3.8) is 0 Å². The number of nitrogens with zero attached hydrogens (tertiary/aromatic N) is 4. The third kappa shape index (κ3) is 3.26. The fourth-order valence-corrected chi connectivity index (χ4v) is 2.15. The molecule has 0 saturated carbocycles. The normalized spacial score (nSPS) is 10.4. The summed E-state index contributed by atoms with van der Waals surface area (Å²) in [5.74, 6) is 0.973. The maximum absolute atomic E-state index is 12.2. The lowest BCUT2D eigenvalue weighted by Crippen LogP contribution is -2.13. The van der Waals surface area contributed by atoms with E-state index in [1.165, 1.54) is 16.8 Å². The van der Waals surface area contributed by atoms with Crippen molar-refractivity contribution < 1.29 is 14.1 Å². The van der Waals surface area contributed by atoms with Gasteiger partial charge in [0.1, 0.15) is 11.3 Å². The van der Waals surface area contributed by atoms with Gasteiger partial charge in [0.25, 0.3) is 5.91 Å². The minimum absolute atomic E-state index is 0.112. The third-order valence-electron chi connectivity index (χ3n) is 2.64. The number of amides is 1. The number of ether oxygens (including phenoxy) is 1. The SMILES string of the molecule is Cc1nc(COc2ccccc2C(=O)Nc2nncs2)no1. The summed E-state index contributed by atoms with van der Waals surface area (Å²) < 4.78 is 10.5. The molecule has 0 aliphatic heterocycles. The maximum atomic E-state index is 12.2. The first kappa shape index (κ1) is 14.1. The van der Waals surface area contributed by atoms with E-state index >= 15 is 0 Å². The predicted octanol–water partition coefficient (Wildman–Crippen LogP) is 2.06. The molecule has 112 valence electrons. The number of carbonyl (C=O) groups is 1. The summed E-state index contributed by atoms with van der Waals surface area (Å²) in [6, 6.07) is 6.88. The molecule has 3 rings (SSSR count). The number of aryl methyl sites for hydroxylation is 1. The Morgan fingerprint density at radius 3 is 3.00 bits per heavy atom. The van der Waals surface area contributed by atoms with Crippen molar-refractivity contribution in [1.82, 2.24) is 20.3 Å². The Balaban J connectivity index is 1.73. The molecule has 2 aromatic heterocycles. The smallest absolute Gasteiger partial charge is 0.261 e. The molecule has 8 nitrogen and oxygen atoms in total. The Hall–Kier alpha value is -2.81. The topological polar surface area (TPSA) is 103 Å². The minimum atomic E-state index is -0.323. The average Bonchev–Trinajstić information content (AvgIpc) is 3.17. The predicted molar refractivity (Wildman–Crippen MR) is 77.7 cm³/mol. The standard InChI is InChI=1S/C13H11N5O3S/c1-8-15-11(18-21-8)6-20-10-5-3-2-4-9(10)12(19)16-13-17-14-7-22-13/h2-5,7H,6H2,1H3,(H,16,17,19). The van der Waals surface area contributed by atoms with Gasteiger partial charge >= 0.3 is 0 Å². The number of anilines is 1. The number of hydrogen-bond donors (Lipinski definition) is 1. The summed E-state index contributed by atoms with van der Waals surface area (Å²) in [4.78, 5) is 16.3. The molecule has 0 saturated heterocycles. The first-order valence-electron chi connectivity index (χ1n) is 6.31. The molecular weight excluding hydrogens is 306 g/mol. The summed E-state index contributed by atoms with van der Waals surface area (Å²) in [7, 11) is 0. The van der Waals surface area contributed by atoms with Gasteiger partial charge in [0.05, 0.1) is 5.56 Å². The number of aromatic nitrogens is 4. The second-order valence-corrected chi connectivity index (χ2v) is 5.05. The molecule has 0 aliphatic carbocycles. The van der Waals surface area contributed by atoms with E-state index < -0.39 is 0 Å². The molecule has 2 heterocycles. The summed E-state index contributed by atoms with van der Waals surface area (Å²) in [5.41, 5.74) is 1.93. The molecule has 1 amide bonds. The van der Waals surface area contributed by atoms with E-state index in [9.17, 15) is 4.79 Å². The molecule has 0 atom stereocenters. The van der Waals surface area contributed by atoms with Crippen LogP contribution in [0.3, 0.4) is 0 Å². The van der Waals surface area contributed by atoms with E-state index in [0.717, 1.165) is 0 Å². The molecule has 1 aromatic carbocycles. The maximum Gasteiger partial charge on any atom is 0.261 e. The highest BCUT2D eigenvalue weighted by molar-refractivity contribution is 7.13. The van der Waals surface area contributed by atoms with Gasteiger partial charge < -0.3 is 9.26 Å². The molecule has 0 unspecified atom stereocenters. The van der Waals surface area contributed by atoms with Crippen LogP contribution in [-0.4, -0.2) is 26.2 Å². The van der Waals surface area contributed by atoms with Crippen molar-refractivity contribution in [1.29, 1.82) is 0 Å². The van der Waals surface area contributed by atoms with E-state index in [1.807, 2.05) is 0 Å². The van der Waals surface area contributed by atoms with Crippen LogP contribution >= 0.6 is 11.3 Å².